The molecule has 0 saturated carbocycles. The number of piperidine rings is 1. The van der Waals surface area contributed by atoms with E-state index in [1.54, 1.807) is 6.20 Å². The summed E-state index contributed by atoms with van der Waals surface area (Å²) in [6, 6.07) is 30.6. The molecule has 1 fully saturated rings. The van der Waals surface area contributed by atoms with E-state index in [1.165, 1.54) is 5.56 Å². The summed E-state index contributed by atoms with van der Waals surface area (Å²) in [5.41, 5.74) is 7.57. The van der Waals surface area contributed by atoms with Crippen LogP contribution in [-0.4, -0.2) is 50.2 Å². The summed E-state index contributed by atoms with van der Waals surface area (Å²) in [6.07, 6.45) is -1.34. The van der Waals surface area contributed by atoms with E-state index in [2.05, 4.69) is 46.3 Å². The van der Waals surface area contributed by atoms with Crippen LogP contribution in [0.2, 0.25) is 0 Å². The summed E-state index contributed by atoms with van der Waals surface area (Å²) in [6.45, 7) is 2.95. The lowest BCUT2D eigenvalue weighted by atomic mass is 9.95. The van der Waals surface area contributed by atoms with Crippen molar-refractivity contribution in [3.8, 4) is 22.4 Å². The van der Waals surface area contributed by atoms with Gasteiger partial charge in [0.05, 0.1) is 16.6 Å². The molecule has 3 aromatic carbocycles. The van der Waals surface area contributed by atoms with Crippen LogP contribution >= 0.6 is 0 Å². The van der Waals surface area contributed by atoms with Crippen LogP contribution in [-0.2, 0) is 11.3 Å². The zero-order chi connectivity index (χ0) is 32.3. The third-order valence-corrected chi connectivity index (χ3v) is 7.96. The highest BCUT2D eigenvalue weighted by Crippen LogP contribution is 2.34. The number of nitrogens with zero attached hydrogens (tertiary/aromatic N) is 3. The van der Waals surface area contributed by atoms with E-state index in [-0.39, 0.29) is 5.56 Å². The van der Waals surface area contributed by atoms with Crippen LogP contribution in [0.25, 0.3) is 44.4 Å². The number of rotatable bonds is 5. The molecule has 0 amide bonds. The Hall–Kier alpha value is -5.29. The average molecular weight is 627 g/mol. The van der Waals surface area contributed by atoms with E-state index < -0.39 is 12.1 Å². The van der Waals surface area contributed by atoms with Gasteiger partial charge in [0, 0.05) is 29.8 Å². The number of likely N-dealkylation sites (tertiary alicyclic amines) is 1. The molecule has 3 aromatic heterocycles. The Labute approximate surface area is 261 Å². The van der Waals surface area contributed by atoms with Crippen molar-refractivity contribution in [1.82, 2.24) is 19.9 Å². The Bertz CT molecular complexity index is 2000. The number of aromatic amines is 1. The van der Waals surface area contributed by atoms with E-state index in [4.69, 9.17) is 24.3 Å². The number of oxazole rings is 1. The molecule has 1 saturated heterocycles. The first-order valence-corrected chi connectivity index (χ1v) is 14.7. The molecule has 8 nitrogen and oxygen atoms in total. The summed E-state index contributed by atoms with van der Waals surface area (Å²) < 4.78 is 37.8. The minimum absolute atomic E-state index is 0.126. The van der Waals surface area contributed by atoms with Gasteiger partial charge in [-0.1, -0.05) is 66.7 Å². The Morgan fingerprint density at radius 2 is 1.57 bits per heavy atom. The second-order valence-electron chi connectivity index (χ2n) is 11.1. The standard InChI is InChI=1S/C33H28N4O2.C2HF3O2/c38-32-27-20-26(23-6-2-1-3-7-23)31(35-28(27)14-17-34-32)24-12-10-22(11-13-24)21-37-18-15-25(16-19-37)33-36-29-8-4-5-9-30(29)39-33;3-2(4,5)1(6)7/h1-14,17,20,25H,15-16,18-19,21H2,(H,34,38);(H,6,7). The maximum atomic E-state index is 12.5. The molecular weight excluding hydrogens is 597 g/mol. The van der Waals surface area contributed by atoms with Crippen molar-refractivity contribution in [2.45, 2.75) is 31.5 Å². The zero-order valence-corrected chi connectivity index (χ0v) is 24.5. The van der Waals surface area contributed by atoms with Crippen molar-refractivity contribution in [3.05, 3.63) is 119 Å². The fraction of sp³-hybridized carbons (Fsp3) is 0.200. The molecular formula is C35H29F3N4O4. The van der Waals surface area contributed by atoms with Gasteiger partial charge in [-0.05, 0) is 61.3 Å². The minimum Gasteiger partial charge on any atom is -0.475 e. The molecule has 2 N–H and O–H groups in total. The number of carboxylic acid groups (broad SMARTS) is 1. The molecule has 6 aromatic rings. The normalized spacial score (nSPS) is 14.2. The van der Waals surface area contributed by atoms with Gasteiger partial charge in [-0.15, -0.1) is 0 Å². The van der Waals surface area contributed by atoms with Gasteiger partial charge in [0.2, 0.25) is 0 Å². The molecule has 0 atom stereocenters. The largest absolute Gasteiger partial charge is 0.490 e. The molecule has 7 rings (SSSR count). The van der Waals surface area contributed by atoms with Gasteiger partial charge in [0.1, 0.15) is 5.52 Å². The van der Waals surface area contributed by atoms with Crippen LogP contribution in [0.5, 0.6) is 0 Å². The van der Waals surface area contributed by atoms with Crippen LogP contribution in [0.4, 0.5) is 13.2 Å². The fourth-order valence-electron chi connectivity index (χ4n) is 5.60. The number of alkyl halides is 3. The predicted octanol–water partition coefficient (Wildman–Crippen LogP) is 7.41. The number of aliphatic carboxylic acids is 1. The Morgan fingerprint density at radius 3 is 2.24 bits per heavy atom. The number of hydrogen-bond donors (Lipinski definition) is 2. The molecule has 4 heterocycles. The summed E-state index contributed by atoms with van der Waals surface area (Å²) >= 11 is 0. The summed E-state index contributed by atoms with van der Waals surface area (Å²) in [5, 5.41) is 7.72. The van der Waals surface area contributed by atoms with Crippen molar-refractivity contribution in [3.63, 3.8) is 0 Å². The highest BCUT2D eigenvalue weighted by atomic mass is 19.4. The smallest absolute Gasteiger partial charge is 0.475 e. The SMILES string of the molecule is O=C(O)C(F)(F)F.O=c1[nH]ccc2nc(-c3ccc(CN4CCC(c5nc6ccccc6o5)CC4)cc3)c(-c3ccccc3)cc12. The number of pyridine rings is 2. The van der Waals surface area contributed by atoms with Gasteiger partial charge in [-0.3, -0.25) is 9.69 Å². The van der Waals surface area contributed by atoms with Crippen molar-refractivity contribution in [2.24, 2.45) is 0 Å². The quantitative estimate of drug-likeness (QED) is 0.205. The van der Waals surface area contributed by atoms with Crippen molar-refractivity contribution in [2.75, 3.05) is 13.1 Å². The van der Waals surface area contributed by atoms with Crippen molar-refractivity contribution in [1.29, 1.82) is 0 Å². The minimum atomic E-state index is -5.08. The lowest BCUT2D eigenvalue weighted by molar-refractivity contribution is -0.192. The summed E-state index contributed by atoms with van der Waals surface area (Å²) in [4.78, 5) is 36.3. The monoisotopic (exact) mass is 626 g/mol. The van der Waals surface area contributed by atoms with Crippen LogP contribution in [0.1, 0.15) is 30.2 Å². The lowest BCUT2D eigenvalue weighted by Gasteiger charge is -2.30. The van der Waals surface area contributed by atoms with Gasteiger partial charge in [0.15, 0.2) is 11.5 Å². The number of carboxylic acids is 1. The average Bonchev–Trinajstić information content (AvgIpc) is 3.50. The molecule has 0 spiro atoms. The number of hydrogen-bond acceptors (Lipinski definition) is 6. The van der Waals surface area contributed by atoms with E-state index >= 15 is 0 Å². The number of carbonyl (C=O) groups is 1. The summed E-state index contributed by atoms with van der Waals surface area (Å²) in [5.74, 6) is -1.51. The number of benzene rings is 3. The van der Waals surface area contributed by atoms with E-state index in [9.17, 15) is 18.0 Å². The van der Waals surface area contributed by atoms with Crippen molar-refractivity contribution >= 4 is 28.0 Å². The van der Waals surface area contributed by atoms with Crippen molar-refractivity contribution < 1.29 is 27.5 Å². The highest BCUT2D eigenvalue weighted by molar-refractivity contribution is 5.91. The first-order chi connectivity index (χ1) is 22.2. The van der Waals surface area contributed by atoms with Gasteiger partial charge in [-0.2, -0.15) is 13.2 Å². The second kappa shape index (κ2) is 13.0. The van der Waals surface area contributed by atoms with Gasteiger partial charge < -0.3 is 14.5 Å². The first kappa shape index (κ1) is 30.7. The van der Waals surface area contributed by atoms with E-state index in [1.807, 2.05) is 54.6 Å². The van der Waals surface area contributed by atoms with Crippen LogP contribution in [0.3, 0.4) is 0 Å². The first-order valence-electron chi connectivity index (χ1n) is 14.7. The van der Waals surface area contributed by atoms with E-state index in [0.29, 0.717) is 16.8 Å². The molecule has 1 aliphatic rings. The Balaban J connectivity index is 0.000000480. The topological polar surface area (TPSA) is 112 Å². The maximum absolute atomic E-state index is 12.5. The number of fused-ring (bicyclic) bond motifs is 2. The zero-order valence-electron chi connectivity index (χ0n) is 24.5. The third-order valence-electron chi connectivity index (χ3n) is 7.96. The third kappa shape index (κ3) is 6.84. The number of para-hydroxylation sites is 2. The molecule has 46 heavy (non-hydrogen) atoms. The van der Waals surface area contributed by atoms with Crippen LogP contribution in [0.15, 0.2) is 106 Å². The van der Waals surface area contributed by atoms with Gasteiger partial charge >= 0.3 is 12.1 Å². The predicted molar refractivity (Wildman–Crippen MR) is 168 cm³/mol. The van der Waals surface area contributed by atoms with Crippen LogP contribution < -0.4 is 5.56 Å². The van der Waals surface area contributed by atoms with E-state index in [0.717, 1.165) is 71.9 Å². The Kier molecular flexibility index (Phi) is 8.67. The number of H-pyrrole nitrogens is 1. The highest BCUT2D eigenvalue weighted by Gasteiger charge is 2.38. The summed E-state index contributed by atoms with van der Waals surface area (Å²) in [7, 11) is 0. The second-order valence-corrected chi connectivity index (χ2v) is 11.1. The molecule has 0 aliphatic carbocycles. The number of aromatic nitrogens is 3. The lowest BCUT2D eigenvalue weighted by Crippen LogP contribution is -2.32. The fourth-order valence-corrected chi connectivity index (χ4v) is 5.60. The van der Waals surface area contributed by atoms with Gasteiger partial charge in [-0.25, -0.2) is 14.8 Å². The molecule has 0 unspecified atom stereocenters. The molecule has 234 valence electrons. The molecule has 0 bridgehead atoms. The molecule has 0 radical (unpaired) electrons. The maximum Gasteiger partial charge on any atom is 0.490 e. The number of halogens is 3. The number of nitrogens with one attached hydrogen (secondary N) is 1. The molecule has 11 heteroatoms. The van der Waals surface area contributed by atoms with Crippen LogP contribution in [0, 0.1) is 0 Å². The molecule has 1 aliphatic heterocycles. The van der Waals surface area contributed by atoms with Gasteiger partial charge in [0.25, 0.3) is 5.56 Å². The Morgan fingerprint density at radius 1 is 0.891 bits per heavy atom.